The van der Waals surface area contributed by atoms with E-state index in [0.29, 0.717) is 22.6 Å². The Hall–Kier alpha value is -2.22. The molecule has 1 heterocycles. The fraction of sp³-hybridized carbons (Fsp3) is 0.471. The van der Waals surface area contributed by atoms with E-state index in [2.05, 4.69) is 22.4 Å². The lowest BCUT2D eigenvalue weighted by Crippen LogP contribution is -2.33. The van der Waals surface area contributed by atoms with Crippen LogP contribution in [0.2, 0.25) is 0 Å². The van der Waals surface area contributed by atoms with Crippen molar-refractivity contribution in [3.63, 3.8) is 0 Å². The van der Waals surface area contributed by atoms with Gasteiger partial charge < -0.3 is 19.2 Å². The molecule has 1 N–H and O–H groups in total. The predicted octanol–water partition coefficient (Wildman–Crippen LogP) is 3.15. The Kier molecular flexibility index (Phi) is 7.12. The number of aromatic nitrogens is 2. The number of rotatable bonds is 9. The molecule has 1 aromatic heterocycles. The van der Waals surface area contributed by atoms with E-state index < -0.39 is 0 Å². The van der Waals surface area contributed by atoms with E-state index in [4.69, 9.17) is 13.9 Å². The van der Waals surface area contributed by atoms with Gasteiger partial charge in [0, 0.05) is 11.6 Å². The maximum absolute atomic E-state index is 11.9. The summed E-state index contributed by atoms with van der Waals surface area (Å²) in [6, 6.07) is 5.51. The minimum Gasteiger partial charge on any atom is -0.493 e. The van der Waals surface area contributed by atoms with Gasteiger partial charge in [0.25, 0.3) is 5.22 Å². The maximum atomic E-state index is 11.9. The molecule has 8 heteroatoms. The Bertz CT molecular complexity index is 705. The van der Waals surface area contributed by atoms with E-state index in [1.165, 1.54) is 11.8 Å². The topological polar surface area (TPSA) is 86.5 Å². The van der Waals surface area contributed by atoms with Gasteiger partial charge in [-0.1, -0.05) is 25.1 Å². The molecule has 0 bridgehead atoms. The predicted molar refractivity (Wildman–Crippen MR) is 96.1 cm³/mol. The second-order valence-electron chi connectivity index (χ2n) is 5.49. The van der Waals surface area contributed by atoms with Gasteiger partial charge in [0.05, 0.1) is 20.0 Å². The number of nitrogens with one attached hydrogen (secondary N) is 1. The third-order valence-electron chi connectivity index (χ3n) is 3.49. The third-order valence-corrected chi connectivity index (χ3v) is 4.31. The van der Waals surface area contributed by atoms with E-state index in [9.17, 15) is 4.79 Å². The Morgan fingerprint density at radius 3 is 2.72 bits per heavy atom. The number of thioether (sulfide) groups is 1. The van der Waals surface area contributed by atoms with Gasteiger partial charge >= 0.3 is 0 Å². The summed E-state index contributed by atoms with van der Waals surface area (Å²) in [5.41, 5.74) is 0.720. The van der Waals surface area contributed by atoms with E-state index >= 15 is 0 Å². The van der Waals surface area contributed by atoms with Crippen LogP contribution >= 0.6 is 11.8 Å². The number of carbonyl (C=O) groups excluding carboxylic acids is 1. The molecule has 1 unspecified atom stereocenters. The molecule has 0 aliphatic carbocycles. The average Bonchev–Trinajstić information content (AvgIpc) is 3.08. The van der Waals surface area contributed by atoms with Crippen molar-refractivity contribution in [2.75, 3.05) is 20.0 Å². The fourth-order valence-electron chi connectivity index (χ4n) is 2.30. The van der Waals surface area contributed by atoms with Crippen molar-refractivity contribution in [1.29, 1.82) is 0 Å². The molecule has 0 saturated heterocycles. The van der Waals surface area contributed by atoms with Gasteiger partial charge in [0.2, 0.25) is 11.8 Å². The van der Waals surface area contributed by atoms with Crippen LogP contribution in [0.5, 0.6) is 11.5 Å². The second kappa shape index (κ2) is 9.31. The van der Waals surface area contributed by atoms with Crippen molar-refractivity contribution >= 4 is 17.7 Å². The highest BCUT2D eigenvalue weighted by Crippen LogP contribution is 2.32. The molecule has 0 fully saturated rings. The fourth-order valence-corrected chi connectivity index (χ4v) is 2.88. The zero-order chi connectivity index (χ0) is 18.2. The molecule has 0 radical (unpaired) electrons. The minimum atomic E-state index is -0.0446. The lowest BCUT2D eigenvalue weighted by molar-refractivity contribution is -0.119. The van der Waals surface area contributed by atoms with Crippen LogP contribution in [0, 0.1) is 0 Å². The summed E-state index contributed by atoms with van der Waals surface area (Å²) in [5, 5.41) is 11.3. The van der Waals surface area contributed by atoms with Crippen LogP contribution in [-0.2, 0) is 4.79 Å². The minimum absolute atomic E-state index is 0.0446. The Morgan fingerprint density at radius 1 is 1.28 bits per heavy atom. The second-order valence-corrected chi connectivity index (χ2v) is 6.42. The van der Waals surface area contributed by atoms with Crippen molar-refractivity contribution < 1.29 is 18.7 Å². The van der Waals surface area contributed by atoms with Crippen molar-refractivity contribution in [2.24, 2.45) is 0 Å². The van der Waals surface area contributed by atoms with Crippen molar-refractivity contribution in [2.45, 2.75) is 38.0 Å². The third kappa shape index (κ3) is 5.38. The summed E-state index contributed by atoms with van der Waals surface area (Å²) in [5.74, 6) is 1.76. The molecule has 1 atom stereocenters. The summed E-state index contributed by atoms with van der Waals surface area (Å²) < 4.78 is 16.1. The van der Waals surface area contributed by atoms with E-state index in [0.717, 1.165) is 18.4 Å². The van der Waals surface area contributed by atoms with Crippen LogP contribution in [0.1, 0.15) is 26.7 Å². The Labute approximate surface area is 151 Å². The van der Waals surface area contributed by atoms with Crippen LogP contribution in [-0.4, -0.2) is 42.1 Å². The summed E-state index contributed by atoms with van der Waals surface area (Å²) in [6.45, 7) is 4.08. The summed E-state index contributed by atoms with van der Waals surface area (Å²) in [6.07, 6.45) is 1.99. The van der Waals surface area contributed by atoms with E-state index in [-0.39, 0.29) is 17.7 Å². The Morgan fingerprint density at radius 2 is 2.04 bits per heavy atom. The van der Waals surface area contributed by atoms with E-state index in [1.807, 2.05) is 13.0 Å². The van der Waals surface area contributed by atoms with Gasteiger partial charge in [-0.15, -0.1) is 10.2 Å². The number of amides is 1. The molecule has 136 valence electrons. The van der Waals surface area contributed by atoms with Gasteiger partial charge in [0.15, 0.2) is 11.5 Å². The van der Waals surface area contributed by atoms with Gasteiger partial charge in [-0.3, -0.25) is 4.79 Å². The molecule has 1 aromatic carbocycles. The quantitative estimate of drug-likeness (QED) is 0.683. The first-order chi connectivity index (χ1) is 12.1. The van der Waals surface area contributed by atoms with Crippen LogP contribution in [0.15, 0.2) is 27.8 Å². The monoisotopic (exact) mass is 365 g/mol. The zero-order valence-corrected chi connectivity index (χ0v) is 15.7. The number of hydrogen-bond donors (Lipinski definition) is 1. The molecular formula is C17H23N3O4S. The highest BCUT2D eigenvalue weighted by atomic mass is 32.2. The number of nitrogens with zero attached hydrogens (tertiary/aromatic N) is 2. The standard InChI is InChI=1S/C17H23N3O4S/c1-5-6-11(2)18-15(21)10-25-17-20-19-16(24-17)12-7-8-13(22-3)14(9-12)23-4/h7-9,11H,5-6,10H2,1-4H3,(H,18,21). The first-order valence-electron chi connectivity index (χ1n) is 8.05. The molecule has 1 amide bonds. The number of hydrogen-bond acceptors (Lipinski definition) is 7. The van der Waals surface area contributed by atoms with Gasteiger partial charge in [-0.05, 0) is 31.5 Å². The van der Waals surface area contributed by atoms with Crippen molar-refractivity contribution in [1.82, 2.24) is 15.5 Å². The number of methoxy groups -OCH3 is 2. The summed E-state index contributed by atoms with van der Waals surface area (Å²) in [4.78, 5) is 11.9. The molecule has 0 aliphatic rings. The molecule has 2 rings (SSSR count). The van der Waals surface area contributed by atoms with Crippen LogP contribution in [0.4, 0.5) is 0 Å². The van der Waals surface area contributed by atoms with Gasteiger partial charge in [0.1, 0.15) is 0 Å². The van der Waals surface area contributed by atoms with Crippen molar-refractivity contribution in [3.05, 3.63) is 18.2 Å². The van der Waals surface area contributed by atoms with Crippen molar-refractivity contribution in [3.8, 4) is 23.0 Å². The molecule has 0 saturated carbocycles. The first kappa shape index (κ1) is 19.1. The summed E-state index contributed by atoms with van der Waals surface area (Å²) >= 11 is 1.21. The molecule has 0 aliphatic heterocycles. The zero-order valence-electron chi connectivity index (χ0n) is 14.9. The highest BCUT2D eigenvalue weighted by molar-refractivity contribution is 7.99. The Balaban J connectivity index is 1.97. The van der Waals surface area contributed by atoms with Crippen LogP contribution in [0.3, 0.4) is 0 Å². The molecule has 25 heavy (non-hydrogen) atoms. The smallest absolute Gasteiger partial charge is 0.277 e. The van der Waals surface area contributed by atoms with Gasteiger partial charge in [-0.2, -0.15) is 0 Å². The van der Waals surface area contributed by atoms with Crippen LogP contribution < -0.4 is 14.8 Å². The molecule has 7 nitrogen and oxygen atoms in total. The van der Waals surface area contributed by atoms with Gasteiger partial charge in [-0.25, -0.2) is 0 Å². The molecule has 0 spiro atoms. The van der Waals surface area contributed by atoms with Crippen LogP contribution in [0.25, 0.3) is 11.5 Å². The maximum Gasteiger partial charge on any atom is 0.277 e. The SMILES string of the molecule is CCCC(C)NC(=O)CSc1nnc(-c2ccc(OC)c(OC)c2)o1. The highest BCUT2D eigenvalue weighted by Gasteiger charge is 2.14. The molecular weight excluding hydrogens is 342 g/mol. The lowest BCUT2D eigenvalue weighted by Gasteiger charge is -2.11. The number of benzene rings is 1. The molecule has 2 aromatic rings. The van der Waals surface area contributed by atoms with E-state index in [1.54, 1.807) is 26.4 Å². The summed E-state index contributed by atoms with van der Waals surface area (Å²) in [7, 11) is 3.14. The number of ether oxygens (including phenoxy) is 2. The largest absolute Gasteiger partial charge is 0.493 e. The first-order valence-corrected chi connectivity index (χ1v) is 9.04. The lowest BCUT2D eigenvalue weighted by atomic mass is 10.2. The average molecular weight is 365 g/mol. The normalized spacial score (nSPS) is 11.8. The number of carbonyl (C=O) groups is 1.